The molecule has 0 unspecified atom stereocenters. The topological polar surface area (TPSA) is 69.5 Å². The minimum Gasteiger partial charge on any atom is -0.378 e. The molecule has 7 heteroatoms. The highest BCUT2D eigenvalue weighted by Crippen LogP contribution is 2.16. The zero-order valence-corrected chi connectivity index (χ0v) is 13.0. The third-order valence-corrected chi connectivity index (χ3v) is 4.43. The predicted molar refractivity (Wildman–Crippen MR) is 85.8 cm³/mol. The number of aromatic nitrogens is 3. The number of hydrogen-bond acceptors (Lipinski definition) is 6. The molecule has 2 aromatic rings. The van der Waals surface area contributed by atoms with Crippen molar-refractivity contribution in [1.82, 2.24) is 14.5 Å². The maximum atomic E-state index is 12.6. The maximum Gasteiger partial charge on any atom is 0.261 e. The lowest BCUT2D eigenvalue weighted by atomic mass is 10.2. The second-order valence-electron chi connectivity index (χ2n) is 5.98. The van der Waals surface area contributed by atoms with Crippen LogP contribution in [-0.4, -0.2) is 53.5 Å². The van der Waals surface area contributed by atoms with Crippen LogP contribution in [0.25, 0.3) is 10.9 Å². The van der Waals surface area contributed by atoms with Crippen molar-refractivity contribution < 1.29 is 9.47 Å². The third-order valence-electron chi connectivity index (χ3n) is 4.43. The van der Waals surface area contributed by atoms with Crippen LogP contribution in [0.3, 0.4) is 0 Å². The van der Waals surface area contributed by atoms with Gasteiger partial charge in [0.15, 0.2) is 0 Å². The van der Waals surface area contributed by atoms with Gasteiger partial charge in [0.2, 0.25) is 5.95 Å². The van der Waals surface area contributed by atoms with Crippen molar-refractivity contribution in [2.45, 2.75) is 25.5 Å². The molecule has 2 saturated heterocycles. The number of pyridine rings is 1. The molecule has 4 rings (SSSR count). The average molecular weight is 316 g/mol. The molecule has 122 valence electrons. The van der Waals surface area contributed by atoms with E-state index in [0.29, 0.717) is 36.6 Å². The van der Waals surface area contributed by atoms with Crippen molar-refractivity contribution in [3.63, 3.8) is 0 Å². The summed E-state index contributed by atoms with van der Waals surface area (Å²) in [5, 5.41) is 0.558. The van der Waals surface area contributed by atoms with E-state index in [1.807, 2.05) is 12.3 Å². The van der Waals surface area contributed by atoms with E-state index in [4.69, 9.17) is 9.47 Å². The molecule has 0 aliphatic carbocycles. The average Bonchev–Trinajstić information content (AvgIpc) is 3.11. The molecule has 2 aromatic heterocycles. The molecule has 0 radical (unpaired) electrons. The number of nitrogens with zero attached hydrogens (tertiary/aromatic N) is 4. The van der Waals surface area contributed by atoms with Gasteiger partial charge in [0, 0.05) is 32.1 Å². The lowest BCUT2D eigenvalue weighted by molar-refractivity contribution is 0.0963. The monoisotopic (exact) mass is 316 g/mol. The molecular formula is C16H20N4O3. The van der Waals surface area contributed by atoms with Crippen LogP contribution in [0.4, 0.5) is 5.95 Å². The lowest BCUT2D eigenvalue weighted by Gasteiger charge is -2.26. The van der Waals surface area contributed by atoms with Crippen molar-refractivity contribution >= 4 is 16.9 Å². The molecule has 2 aliphatic heterocycles. The first-order valence-corrected chi connectivity index (χ1v) is 8.12. The van der Waals surface area contributed by atoms with Crippen LogP contribution in [0.15, 0.2) is 23.3 Å². The Bertz CT molecular complexity index is 749. The fourth-order valence-electron chi connectivity index (χ4n) is 3.13. The molecule has 0 bridgehead atoms. The summed E-state index contributed by atoms with van der Waals surface area (Å²) in [6.07, 6.45) is 5.67. The smallest absolute Gasteiger partial charge is 0.261 e. The fourth-order valence-corrected chi connectivity index (χ4v) is 3.13. The van der Waals surface area contributed by atoms with Gasteiger partial charge < -0.3 is 18.9 Å². The second kappa shape index (κ2) is 6.25. The predicted octanol–water partition coefficient (Wildman–Crippen LogP) is 0.807. The first kappa shape index (κ1) is 14.6. The molecular weight excluding hydrogens is 296 g/mol. The Morgan fingerprint density at radius 3 is 2.91 bits per heavy atom. The molecule has 0 N–H and O–H groups in total. The summed E-state index contributed by atoms with van der Waals surface area (Å²) >= 11 is 0. The first-order chi connectivity index (χ1) is 11.3. The summed E-state index contributed by atoms with van der Waals surface area (Å²) < 4.78 is 12.7. The van der Waals surface area contributed by atoms with Crippen molar-refractivity contribution in [2.24, 2.45) is 0 Å². The van der Waals surface area contributed by atoms with E-state index in [9.17, 15) is 4.79 Å². The minimum absolute atomic E-state index is 0.0495. The summed E-state index contributed by atoms with van der Waals surface area (Å²) in [5.74, 6) is 0.664. The van der Waals surface area contributed by atoms with Crippen LogP contribution in [0.1, 0.15) is 12.8 Å². The molecule has 4 heterocycles. The van der Waals surface area contributed by atoms with Gasteiger partial charge in [-0.2, -0.15) is 0 Å². The Hall–Kier alpha value is -1.99. The summed E-state index contributed by atoms with van der Waals surface area (Å²) in [6.45, 7) is 4.32. The van der Waals surface area contributed by atoms with Crippen LogP contribution in [0, 0.1) is 0 Å². The van der Waals surface area contributed by atoms with Crippen molar-refractivity contribution in [3.05, 3.63) is 28.8 Å². The number of anilines is 1. The summed E-state index contributed by atoms with van der Waals surface area (Å²) in [7, 11) is 0. The largest absolute Gasteiger partial charge is 0.378 e. The van der Waals surface area contributed by atoms with Gasteiger partial charge in [-0.25, -0.2) is 9.97 Å². The number of rotatable bonds is 3. The van der Waals surface area contributed by atoms with Gasteiger partial charge in [0.25, 0.3) is 5.56 Å². The minimum atomic E-state index is -0.0495. The Morgan fingerprint density at radius 2 is 2.13 bits per heavy atom. The molecule has 0 spiro atoms. The molecule has 0 saturated carbocycles. The summed E-state index contributed by atoms with van der Waals surface area (Å²) in [5.41, 5.74) is 0.640. The standard InChI is InChI=1S/C16H20N4O3/c21-15-13-10-17-16(19-5-8-22-9-6-19)18-14(13)3-4-20(15)11-12-2-1-7-23-12/h3-4,10,12H,1-2,5-9,11H2/t12-/m0/s1. The zero-order chi connectivity index (χ0) is 15.6. The van der Waals surface area contributed by atoms with E-state index < -0.39 is 0 Å². The van der Waals surface area contributed by atoms with Gasteiger partial charge in [0.1, 0.15) is 0 Å². The quantitative estimate of drug-likeness (QED) is 0.834. The van der Waals surface area contributed by atoms with E-state index >= 15 is 0 Å². The SMILES string of the molecule is O=c1c2cnc(N3CCOCC3)nc2ccn1C[C@@H]1CCCO1. The maximum absolute atomic E-state index is 12.6. The number of hydrogen-bond donors (Lipinski definition) is 0. The van der Waals surface area contributed by atoms with Gasteiger partial charge in [0.05, 0.1) is 36.8 Å². The zero-order valence-electron chi connectivity index (χ0n) is 13.0. The van der Waals surface area contributed by atoms with Crippen molar-refractivity contribution in [1.29, 1.82) is 0 Å². The Labute approximate surface area is 133 Å². The molecule has 0 aromatic carbocycles. The third kappa shape index (κ3) is 2.94. The lowest BCUT2D eigenvalue weighted by Crippen LogP contribution is -2.37. The molecule has 2 fully saturated rings. The van der Waals surface area contributed by atoms with Gasteiger partial charge in [-0.3, -0.25) is 4.79 Å². The highest BCUT2D eigenvalue weighted by Gasteiger charge is 2.18. The van der Waals surface area contributed by atoms with Gasteiger partial charge in [-0.15, -0.1) is 0 Å². The number of ether oxygens (including phenoxy) is 2. The summed E-state index contributed by atoms with van der Waals surface area (Å²) in [6, 6.07) is 1.89. The molecule has 1 atom stereocenters. The summed E-state index contributed by atoms with van der Waals surface area (Å²) in [4.78, 5) is 23.6. The molecule has 23 heavy (non-hydrogen) atoms. The molecule has 0 amide bonds. The van der Waals surface area contributed by atoms with Crippen LogP contribution < -0.4 is 10.5 Å². The van der Waals surface area contributed by atoms with E-state index in [0.717, 1.165) is 32.5 Å². The molecule has 2 aliphatic rings. The van der Waals surface area contributed by atoms with E-state index in [2.05, 4.69) is 14.9 Å². The Balaban J connectivity index is 1.63. The van der Waals surface area contributed by atoms with Gasteiger partial charge in [-0.1, -0.05) is 0 Å². The van der Waals surface area contributed by atoms with Crippen LogP contribution in [-0.2, 0) is 16.0 Å². The van der Waals surface area contributed by atoms with E-state index in [1.54, 1.807) is 10.8 Å². The highest BCUT2D eigenvalue weighted by atomic mass is 16.5. The van der Waals surface area contributed by atoms with Crippen molar-refractivity contribution in [2.75, 3.05) is 37.8 Å². The highest BCUT2D eigenvalue weighted by molar-refractivity contribution is 5.77. The van der Waals surface area contributed by atoms with Gasteiger partial charge in [-0.05, 0) is 18.9 Å². The normalized spacial score (nSPS) is 21.9. The second-order valence-corrected chi connectivity index (χ2v) is 5.98. The van der Waals surface area contributed by atoms with Crippen molar-refractivity contribution in [3.8, 4) is 0 Å². The molecule has 7 nitrogen and oxygen atoms in total. The number of fused-ring (bicyclic) bond motifs is 1. The van der Waals surface area contributed by atoms with Crippen LogP contribution in [0.2, 0.25) is 0 Å². The van der Waals surface area contributed by atoms with Crippen LogP contribution >= 0.6 is 0 Å². The first-order valence-electron chi connectivity index (χ1n) is 8.12. The van der Waals surface area contributed by atoms with Crippen LogP contribution in [0.5, 0.6) is 0 Å². The fraction of sp³-hybridized carbons (Fsp3) is 0.562. The Kier molecular flexibility index (Phi) is 3.97. The van der Waals surface area contributed by atoms with E-state index in [-0.39, 0.29) is 11.7 Å². The number of morpholine rings is 1. The van der Waals surface area contributed by atoms with E-state index in [1.165, 1.54) is 0 Å². The van der Waals surface area contributed by atoms with Gasteiger partial charge >= 0.3 is 0 Å². The Morgan fingerprint density at radius 1 is 1.26 bits per heavy atom.